The Balaban J connectivity index is 1.74. The third-order valence-corrected chi connectivity index (χ3v) is 6.36. The van der Waals surface area contributed by atoms with E-state index in [2.05, 4.69) is 55.1 Å². The number of pyridine rings is 1. The van der Waals surface area contributed by atoms with Crippen molar-refractivity contribution in [3.8, 4) is 11.3 Å². The summed E-state index contributed by atoms with van der Waals surface area (Å²) in [5, 5.41) is 0. The van der Waals surface area contributed by atoms with Crippen LogP contribution in [0.3, 0.4) is 0 Å². The summed E-state index contributed by atoms with van der Waals surface area (Å²) < 4.78 is 2.30. The van der Waals surface area contributed by atoms with E-state index in [1.54, 1.807) is 11.1 Å². The minimum atomic E-state index is 0.781. The van der Waals surface area contributed by atoms with Gasteiger partial charge in [-0.3, -0.25) is 0 Å². The molecule has 0 unspecified atom stereocenters. The molecule has 0 atom stereocenters. The fourth-order valence-electron chi connectivity index (χ4n) is 4.80. The molecule has 2 aliphatic rings. The van der Waals surface area contributed by atoms with Crippen molar-refractivity contribution in [2.75, 3.05) is 0 Å². The first-order chi connectivity index (χ1) is 11.7. The van der Waals surface area contributed by atoms with Crippen molar-refractivity contribution in [1.82, 2.24) is 0 Å². The SMILES string of the molecule is Cc1ccc(C2CCCC2)cc1-c1cc(C2CCCC2)cc[n+]1C. The Morgan fingerprint density at radius 1 is 0.792 bits per heavy atom. The molecule has 2 fully saturated rings. The first-order valence-electron chi connectivity index (χ1n) is 9.83. The summed E-state index contributed by atoms with van der Waals surface area (Å²) in [6, 6.07) is 12.0. The number of hydrogen-bond acceptors (Lipinski definition) is 0. The molecule has 0 aliphatic heterocycles. The zero-order chi connectivity index (χ0) is 16.5. The van der Waals surface area contributed by atoms with Gasteiger partial charge in [-0.1, -0.05) is 37.8 Å². The summed E-state index contributed by atoms with van der Waals surface area (Å²) in [4.78, 5) is 0. The quantitative estimate of drug-likeness (QED) is 0.629. The average Bonchev–Trinajstić information content (AvgIpc) is 3.30. The van der Waals surface area contributed by atoms with E-state index in [0.29, 0.717) is 0 Å². The summed E-state index contributed by atoms with van der Waals surface area (Å²) >= 11 is 0. The first kappa shape index (κ1) is 15.9. The highest BCUT2D eigenvalue weighted by Gasteiger charge is 2.23. The molecule has 1 nitrogen and oxygen atoms in total. The molecule has 0 saturated heterocycles. The molecule has 2 saturated carbocycles. The highest BCUT2D eigenvalue weighted by Crippen LogP contribution is 2.38. The van der Waals surface area contributed by atoms with Crippen LogP contribution in [0.2, 0.25) is 0 Å². The maximum atomic E-state index is 2.49. The van der Waals surface area contributed by atoms with Crippen LogP contribution in [-0.2, 0) is 7.05 Å². The predicted octanol–water partition coefficient (Wildman–Crippen LogP) is 5.80. The Morgan fingerprint density at radius 2 is 1.38 bits per heavy atom. The Bertz CT molecular complexity index is 655. The molecule has 0 radical (unpaired) electrons. The molecule has 1 aromatic heterocycles. The molecular weight excluding hydrogens is 290 g/mol. The van der Waals surface area contributed by atoms with Crippen LogP contribution in [0, 0.1) is 6.92 Å². The Kier molecular flexibility index (Phi) is 4.43. The molecule has 24 heavy (non-hydrogen) atoms. The number of aromatic nitrogens is 1. The molecule has 4 rings (SSSR count). The fraction of sp³-hybridized carbons (Fsp3) is 0.522. The second kappa shape index (κ2) is 6.70. The fourth-order valence-corrected chi connectivity index (χ4v) is 4.80. The van der Waals surface area contributed by atoms with E-state index in [1.807, 2.05) is 0 Å². The second-order valence-electron chi connectivity index (χ2n) is 7.99. The maximum Gasteiger partial charge on any atom is 0.212 e. The van der Waals surface area contributed by atoms with Crippen molar-refractivity contribution >= 4 is 0 Å². The van der Waals surface area contributed by atoms with Crippen molar-refractivity contribution < 1.29 is 4.57 Å². The van der Waals surface area contributed by atoms with E-state index in [1.165, 1.54) is 68.2 Å². The van der Waals surface area contributed by atoms with E-state index >= 15 is 0 Å². The maximum absolute atomic E-state index is 2.49. The van der Waals surface area contributed by atoms with Crippen LogP contribution in [0.4, 0.5) is 0 Å². The number of aryl methyl sites for hydroxylation is 2. The Labute approximate surface area is 146 Å². The molecule has 1 heterocycles. The summed E-state index contributed by atoms with van der Waals surface area (Å²) in [7, 11) is 2.19. The van der Waals surface area contributed by atoms with Gasteiger partial charge >= 0.3 is 0 Å². The van der Waals surface area contributed by atoms with E-state index in [4.69, 9.17) is 0 Å². The topological polar surface area (TPSA) is 3.88 Å². The minimum absolute atomic E-state index is 0.781. The molecule has 2 aliphatic carbocycles. The monoisotopic (exact) mass is 320 g/mol. The molecule has 0 spiro atoms. The molecule has 0 bridgehead atoms. The first-order valence-corrected chi connectivity index (χ1v) is 9.83. The van der Waals surface area contributed by atoms with Crippen molar-refractivity contribution in [3.05, 3.63) is 53.2 Å². The van der Waals surface area contributed by atoms with Gasteiger partial charge in [0.05, 0.1) is 0 Å². The van der Waals surface area contributed by atoms with Gasteiger partial charge in [0.2, 0.25) is 5.69 Å². The smallest absolute Gasteiger partial charge is 0.201 e. The van der Waals surface area contributed by atoms with Gasteiger partial charge in [0, 0.05) is 17.7 Å². The average molecular weight is 321 g/mol. The van der Waals surface area contributed by atoms with E-state index in [-0.39, 0.29) is 0 Å². The van der Waals surface area contributed by atoms with Crippen LogP contribution in [0.1, 0.15) is 79.9 Å². The van der Waals surface area contributed by atoms with Crippen LogP contribution in [0.15, 0.2) is 36.5 Å². The molecule has 0 amide bonds. The molecule has 126 valence electrons. The highest BCUT2D eigenvalue weighted by atomic mass is 14.9. The Morgan fingerprint density at radius 3 is 2.00 bits per heavy atom. The van der Waals surface area contributed by atoms with Crippen molar-refractivity contribution in [2.45, 2.75) is 70.1 Å². The number of rotatable bonds is 3. The highest BCUT2D eigenvalue weighted by molar-refractivity contribution is 5.63. The lowest BCUT2D eigenvalue weighted by Crippen LogP contribution is -2.31. The summed E-state index contributed by atoms with van der Waals surface area (Å²) in [5.41, 5.74) is 7.32. The van der Waals surface area contributed by atoms with Crippen LogP contribution in [-0.4, -0.2) is 0 Å². The van der Waals surface area contributed by atoms with Gasteiger partial charge in [-0.15, -0.1) is 0 Å². The minimum Gasteiger partial charge on any atom is -0.201 e. The van der Waals surface area contributed by atoms with Gasteiger partial charge in [-0.25, -0.2) is 4.57 Å². The van der Waals surface area contributed by atoms with Crippen molar-refractivity contribution in [1.29, 1.82) is 0 Å². The number of hydrogen-bond donors (Lipinski definition) is 0. The van der Waals surface area contributed by atoms with Gasteiger partial charge in [0.1, 0.15) is 7.05 Å². The third-order valence-electron chi connectivity index (χ3n) is 6.36. The van der Waals surface area contributed by atoms with Gasteiger partial charge in [-0.2, -0.15) is 0 Å². The molecule has 1 heteroatoms. The lowest BCUT2D eigenvalue weighted by molar-refractivity contribution is -0.660. The van der Waals surface area contributed by atoms with E-state index in [0.717, 1.165) is 11.8 Å². The molecule has 2 aromatic rings. The largest absolute Gasteiger partial charge is 0.212 e. The Hall–Kier alpha value is -1.63. The van der Waals surface area contributed by atoms with E-state index < -0.39 is 0 Å². The molecular formula is C23H30N+. The van der Waals surface area contributed by atoms with Gasteiger partial charge in [-0.05, 0) is 67.2 Å². The molecule has 1 aromatic carbocycles. The van der Waals surface area contributed by atoms with Crippen LogP contribution >= 0.6 is 0 Å². The number of benzene rings is 1. The van der Waals surface area contributed by atoms with E-state index in [9.17, 15) is 0 Å². The zero-order valence-electron chi connectivity index (χ0n) is 15.2. The third kappa shape index (κ3) is 3.01. The molecule has 0 N–H and O–H groups in total. The summed E-state index contributed by atoms with van der Waals surface area (Å²) in [5.74, 6) is 1.57. The lowest BCUT2D eigenvalue weighted by Gasteiger charge is -2.14. The summed E-state index contributed by atoms with van der Waals surface area (Å²) in [6.07, 6.45) is 13.4. The van der Waals surface area contributed by atoms with Gasteiger partial charge in [0.15, 0.2) is 6.20 Å². The van der Waals surface area contributed by atoms with Crippen LogP contribution in [0.5, 0.6) is 0 Å². The number of nitrogens with zero attached hydrogens (tertiary/aromatic N) is 1. The van der Waals surface area contributed by atoms with Crippen LogP contribution in [0.25, 0.3) is 11.3 Å². The van der Waals surface area contributed by atoms with Crippen LogP contribution < -0.4 is 4.57 Å². The second-order valence-corrected chi connectivity index (χ2v) is 7.99. The normalized spacial score (nSPS) is 19.2. The van der Waals surface area contributed by atoms with Crippen molar-refractivity contribution in [3.63, 3.8) is 0 Å². The lowest BCUT2D eigenvalue weighted by atomic mass is 9.91. The van der Waals surface area contributed by atoms with Crippen molar-refractivity contribution in [2.24, 2.45) is 7.05 Å². The standard InChI is InChI=1S/C23H30N/c1-17-11-12-20(18-7-3-4-8-18)15-22(17)23-16-21(13-14-24(23)2)19-9-5-6-10-19/h11-16,18-19H,3-10H2,1-2H3/q+1. The summed E-state index contributed by atoms with van der Waals surface area (Å²) in [6.45, 7) is 2.26. The zero-order valence-corrected chi connectivity index (χ0v) is 15.2. The van der Waals surface area contributed by atoms with Gasteiger partial charge < -0.3 is 0 Å². The van der Waals surface area contributed by atoms with Gasteiger partial charge in [0.25, 0.3) is 0 Å². The predicted molar refractivity (Wildman–Crippen MR) is 100 cm³/mol.